The van der Waals surface area contributed by atoms with Crippen LogP contribution in [-0.4, -0.2) is 15.5 Å². The monoisotopic (exact) mass is 275 g/mol. The molecule has 0 aliphatic heterocycles. The van der Waals surface area contributed by atoms with Crippen LogP contribution in [0.25, 0.3) is 0 Å². The molecule has 1 N–H and O–H groups in total. The van der Waals surface area contributed by atoms with E-state index in [1.165, 1.54) is 0 Å². The first-order valence-corrected chi connectivity index (χ1v) is 6.31. The highest BCUT2D eigenvalue weighted by atomic mass is 35.5. The number of halogens is 2. The maximum Gasteiger partial charge on any atom is 0.225 e. The number of hydrogen-bond donors (Lipinski definition) is 1. The van der Waals surface area contributed by atoms with Crippen LogP contribution in [0.4, 0.5) is 5.82 Å². The van der Waals surface area contributed by atoms with Gasteiger partial charge in [0.15, 0.2) is 0 Å². The van der Waals surface area contributed by atoms with E-state index in [2.05, 4.69) is 49.9 Å². The van der Waals surface area contributed by atoms with Crippen LogP contribution in [0.3, 0.4) is 0 Å². The fourth-order valence-corrected chi connectivity index (χ4v) is 2.58. The van der Waals surface area contributed by atoms with Gasteiger partial charge in [-0.3, -0.25) is 0 Å². The first-order chi connectivity index (χ1) is 7.57. The summed E-state index contributed by atoms with van der Waals surface area (Å²) in [5.41, 5.74) is 0.149. The number of anilines is 1. The SMILES string of the molecule is CC(C)(C)CC(C)(C)Nc1cc(Cl)nc(Cl)n1. The first-order valence-electron chi connectivity index (χ1n) is 5.56. The molecule has 3 nitrogen and oxygen atoms in total. The predicted molar refractivity (Wildman–Crippen MR) is 73.8 cm³/mol. The highest BCUT2D eigenvalue weighted by molar-refractivity contribution is 6.32. The van der Waals surface area contributed by atoms with Crippen molar-refractivity contribution in [3.63, 3.8) is 0 Å². The van der Waals surface area contributed by atoms with Crippen LogP contribution in [0.2, 0.25) is 10.4 Å². The van der Waals surface area contributed by atoms with E-state index in [0.29, 0.717) is 11.0 Å². The smallest absolute Gasteiger partial charge is 0.225 e. The van der Waals surface area contributed by atoms with Crippen molar-refractivity contribution in [3.8, 4) is 0 Å². The number of aromatic nitrogens is 2. The Hall–Kier alpha value is -0.540. The van der Waals surface area contributed by atoms with Gasteiger partial charge < -0.3 is 5.32 Å². The summed E-state index contributed by atoms with van der Waals surface area (Å²) in [6.45, 7) is 10.9. The Morgan fingerprint density at radius 1 is 1.12 bits per heavy atom. The molecule has 1 rings (SSSR count). The summed E-state index contributed by atoms with van der Waals surface area (Å²) in [7, 11) is 0. The normalized spacial score (nSPS) is 12.6. The molecule has 96 valence electrons. The van der Waals surface area contributed by atoms with Crippen LogP contribution in [0.1, 0.15) is 41.0 Å². The fourth-order valence-electron chi connectivity index (χ4n) is 2.17. The van der Waals surface area contributed by atoms with Gasteiger partial charge in [0, 0.05) is 11.6 Å². The highest BCUT2D eigenvalue weighted by Crippen LogP contribution is 2.29. The Bertz CT molecular complexity index is 377. The molecule has 0 aliphatic rings. The molecular formula is C12H19Cl2N3. The van der Waals surface area contributed by atoms with Crippen LogP contribution in [0, 0.1) is 5.41 Å². The summed E-state index contributed by atoms with van der Waals surface area (Å²) in [5.74, 6) is 0.657. The van der Waals surface area contributed by atoms with Gasteiger partial charge in [0.25, 0.3) is 0 Å². The van der Waals surface area contributed by atoms with Crippen molar-refractivity contribution in [1.82, 2.24) is 9.97 Å². The standard InChI is InChI=1S/C12H19Cl2N3/c1-11(2,3)7-12(4,5)17-9-6-8(13)15-10(14)16-9/h6H,7H2,1-5H3,(H,15,16,17). The molecule has 1 aromatic rings. The molecule has 1 aromatic heterocycles. The Morgan fingerprint density at radius 3 is 2.18 bits per heavy atom. The van der Waals surface area contributed by atoms with Crippen molar-refractivity contribution in [1.29, 1.82) is 0 Å². The maximum atomic E-state index is 5.84. The zero-order chi connectivity index (χ0) is 13.3. The average Bonchev–Trinajstić information content (AvgIpc) is 1.93. The summed E-state index contributed by atoms with van der Waals surface area (Å²) < 4.78 is 0. The molecule has 0 fully saturated rings. The summed E-state index contributed by atoms with van der Waals surface area (Å²) in [6.07, 6.45) is 0.999. The van der Waals surface area contributed by atoms with E-state index in [1.807, 2.05) is 0 Å². The van der Waals surface area contributed by atoms with E-state index in [4.69, 9.17) is 23.2 Å². The van der Waals surface area contributed by atoms with Crippen LogP contribution < -0.4 is 5.32 Å². The second kappa shape index (κ2) is 4.99. The first kappa shape index (κ1) is 14.5. The molecule has 0 bridgehead atoms. The van der Waals surface area contributed by atoms with Crippen LogP contribution in [0.15, 0.2) is 6.07 Å². The second-order valence-electron chi connectivity index (χ2n) is 6.09. The Balaban J connectivity index is 2.82. The molecule has 1 heterocycles. The third-order valence-electron chi connectivity index (χ3n) is 2.11. The fraction of sp³-hybridized carbons (Fsp3) is 0.667. The van der Waals surface area contributed by atoms with Gasteiger partial charge >= 0.3 is 0 Å². The maximum absolute atomic E-state index is 5.84. The minimum absolute atomic E-state index is 0.0841. The Kier molecular flexibility index (Phi) is 4.26. The molecule has 17 heavy (non-hydrogen) atoms. The van der Waals surface area contributed by atoms with Crippen molar-refractivity contribution >= 4 is 29.0 Å². The van der Waals surface area contributed by atoms with Gasteiger partial charge in [-0.15, -0.1) is 0 Å². The molecule has 0 aromatic carbocycles. The predicted octanol–water partition coefficient (Wildman–Crippen LogP) is 4.41. The van der Waals surface area contributed by atoms with E-state index < -0.39 is 0 Å². The van der Waals surface area contributed by atoms with Crippen molar-refractivity contribution in [2.24, 2.45) is 5.41 Å². The minimum Gasteiger partial charge on any atom is -0.365 e. The molecule has 0 aliphatic carbocycles. The second-order valence-corrected chi connectivity index (χ2v) is 6.82. The van der Waals surface area contributed by atoms with Crippen molar-refractivity contribution < 1.29 is 0 Å². The Morgan fingerprint density at radius 2 is 1.71 bits per heavy atom. The summed E-state index contributed by atoms with van der Waals surface area (Å²) in [5, 5.41) is 3.84. The van der Waals surface area contributed by atoms with Gasteiger partial charge in [0.2, 0.25) is 5.28 Å². The van der Waals surface area contributed by atoms with E-state index >= 15 is 0 Å². The zero-order valence-corrected chi connectivity index (χ0v) is 12.4. The van der Waals surface area contributed by atoms with E-state index in [9.17, 15) is 0 Å². The molecule has 0 atom stereocenters. The molecule has 0 unspecified atom stereocenters. The number of rotatable bonds is 3. The zero-order valence-electron chi connectivity index (χ0n) is 10.9. The van der Waals surface area contributed by atoms with Crippen LogP contribution in [0.5, 0.6) is 0 Å². The van der Waals surface area contributed by atoms with Crippen LogP contribution >= 0.6 is 23.2 Å². The van der Waals surface area contributed by atoms with E-state index in [1.54, 1.807) is 6.07 Å². The number of nitrogens with one attached hydrogen (secondary N) is 1. The van der Waals surface area contributed by atoms with Gasteiger partial charge in [-0.2, -0.15) is 0 Å². The quantitative estimate of drug-likeness (QED) is 0.656. The lowest BCUT2D eigenvalue weighted by molar-refractivity contribution is 0.302. The van der Waals surface area contributed by atoms with E-state index in [-0.39, 0.29) is 16.2 Å². The summed E-state index contributed by atoms with van der Waals surface area (Å²) in [6, 6.07) is 1.68. The minimum atomic E-state index is -0.0841. The molecule has 0 saturated heterocycles. The molecule has 0 amide bonds. The Labute approximate surface area is 113 Å². The third-order valence-corrected chi connectivity index (χ3v) is 2.47. The van der Waals surface area contributed by atoms with Gasteiger partial charge in [-0.1, -0.05) is 32.4 Å². The van der Waals surface area contributed by atoms with Crippen LogP contribution in [-0.2, 0) is 0 Å². The molecule has 5 heteroatoms. The van der Waals surface area contributed by atoms with Crippen molar-refractivity contribution in [3.05, 3.63) is 16.5 Å². The number of nitrogens with zero attached hydrogens (tertiary/aromatic N) is 2. The lowest BCUT2D eigenvalue weighted by Gasteiger charge is -2.33. The summed E-state index contributed by atoms with van der Waals surface area (Å²) in [4.78, 5) is 7.93. The molecule has 0 spiro atoms. The summed E-state index contributed by atoms with van der Waals surface area (Å²) >= 11 is 11.6. The largest absolute Gasteiger partial charge is 0.365 e. The van der Waals surface area contributed by atoms with Gasteiger partial charge in [0.05, 0.1) is 0 Å². The molecule has 0 saturated carbocycles. The topological polar surface area (TPSA) is 37.8 Å². The third kappa shape index (κ3) is 5.55. The van der Waals surface area contributed by atoms with Crippen molar-refractivity contribution in [2.75, 3.05) is 5.32 Å². The van der Waals surface area contributed by atoms with Gasteiger partial charge in [-0.25, -0.2) is 9.97 Å². The lowest BCUT2D eigenvalue weighted by Crippen LogP contribution is -2.35. The molecular weight excluding hydrogens is 257 g/mol. The van der Waals surface area contributed by atoms with E-state index in [0.717, 1.165) is 6.42 Å². The highest BCUT2D eigenvalue weighted by Gasteiger charge is 2.25. The molecule has 0 radical (unpaired) electrons. The lowest BCUT2D eigenvalue weighted by atomic mass is 9.82. The van der Waals surface area contributed by atoms with Gasteiger partial charge in [0.1, 0.15) is 11.0 Å². The number of hydrogen-bond acceptors (Lipinski definition) is 3. The van der Waals surface area contributed by atoms with Crippen molar-refractivity contribution in [2.45, 2.75) is 46.6 Å². The van der Waals surface area contributed by atoms with Gasteiger partial charge in [-0.05, 0) is 37.3 Å². The average molecular weight is 276 g/mol.